The third-order valence-electron chi connectivity index (χ3n) is 4.55. The van der Waals surface area contributed by atoms with Crippen LogP contribution in [0.1, 0.15) is 16.8 Å². The lowest BCUT2D eigenvalue weighted by atomic mass is 10.1. The van der Waals surface area contributed by atoms with Crippen LogP contribution in [-0.4, -0.2) is 27.0 Å². The minimum atomic E-state index is -4.67. The molecule has 0 radical (unpaired) electrons. The summed E-state index contributed by atoms with van der Waals surface area (Å²) in [6, 6.07) is 10.8. The van der Waals surface area contributed by atoms with Crippen LogP contribution in [0.25, 0.3) is 11.5 Å². The smallest absolute Gasteiger partial charge is 0.416 e. The Morgan fingerprint density at radius 2 is 2.00 bits per heavy atom. The molecule has 0 unspecified atom stereocenters. The van der Waals surface area contributed by atoms with Gasteiger partial charge in [-0.05, 0) is 35.5 Å². The van der Waals surface area contributed by atoms with Crippen LogP contribution in [0.2, 0.25) is 0 Å². The van der Waals surface area contributed by atoms with Gasteiger partial charge < -0.3 is 9.32 Å². The molecule has 4 rings (SSSR count). The van der Waals surface area contributed by atoms with E-state index in [9.17, 15) is 23.3 Å². The van der Waals surface area contributed by atoms with Crippen LogP contribution in [0.4, 0.5) is 18.9 Å². The molecule has 0 N–H and O–H groups in total. The van der Waals surface area contributed by atoms with Gasteiger partial charge in [0, 0.05) is 18.7 Å². The molecule has 7 nitrogen and oxygen atoms in total. The molecule has 0 bridgehead atoms. The van der Waals surface area contributed by atoms with E-state index in [4.69, 9.17) is 4.42 Å². The maximum absolute atomic E-state index is 13.1. The van der Waals surface area contributed by atoms with E-state index in [1.165, 1.54) is 6.26 Å². The first-order valence-electron chi connectivity index (χ1n) is 9.04. The van der Waals surface area contributed by atoms with Crippen molar-refractivity contribution in [3.05, 3.63) is 75.7 Å². The number of thioether (sulfide) groups is 1. The lowest BCUT2D eigenvalue weighted by Gasteiger charge is -2.24. The van der Waals surface area contributed by atoms with Gasteiger partial charge in [-0.15, -0.1) is 0 Å². The highest BCUT2D eigenvalue weighted by Crippen LogP contribution is 2.42. The summed E-state index contributed by atoms with van der Waals surface area (Å²) in [6.45, 7) is 0.229. The molecule has 0 fully saturated rings. The predicted octanol–water partition coefficient (Wildman–Crippen LogP) is 5.36. The molecule has 0 spiro atoms. The number of nitro groups is 1. The van der Waals surface area contributed by atoms with Crippen LogP contribution in [0.5, 0.6) is 0 Å². The van der Waals surface area contributed by atoms with Crippen LogP contribution in [0.3, 0.4) is 0 Å². The fourth-order valence-electron chi connectivity index (χ4n) is 3.09. The number of halogens is 3. The molecule has 1 aliphatic heterocycles. The Labute approximate surface area is 178 Å². The summed E-state index contributed by atoms with van der Waals surface area (Å²) in [7, 11) is 1.73. The van der Waals surface area contributed by atoms with Gasteiger partial charge in [-0.2, -0.15) is 13.2 Å². The molecular formula is C20H15F3N4O3S. The van der Waals surface area contributed by atoms with Crippen molar-refractivity contribution in [2.45, 2.75) is 24.2 Å². The first kappa shape index (κ1) is 20.9. The number of fused-ring (bicyclic) bond motifs is 1. The van der Waals surface area contributed by atoms with Crippen molar-refractivity contribution in [3.63, 3.8) is 0 Å². The van der Waals surface area contributed by atoms with E-state index in [2.05, 4.69) is 9.98 Å². The van der Waals surface area contributed by atoms with E-state index in [0.717, 1.165) is 23.4 Å². The molecule has 0 saturated heterocycles. The van der Waals surface area contributed by atoms with Gasteiger partial charge in [0.15, 0.2) is 5.17 Å². The molecule has 0 saturated carbocycles. The van der Waals surface area contributed by atoms with Gasteiger partial charge in [0.05, 0.1) is 34.2 Å². The summed E-state index contributed by atoms with van der Waals surface area (Å²) in [5.41, 5.74) is -0.00957. The summed E-state index contributed by atoms with van der Waals surface area (Å²) in [5, 5.41) is 11.9. The number of hydrogen-bond donors (Lipinski definition) is 0. The number of aliphatic imine (C=N–C) groups is 1. The highest BCUT2D eigenvalue weighted by molar-refractivity contribution is 8.14. The van der Waals surface area contributed by atoms with Gasteiger partial charge in [0.1, 0.15) is 6.26 Å². The maximum atomic E-state index is 13.1. The fourth-order valence-corrected chi connectivity index (χ4v) is 4.11. The van der Waals surface area contributed by atoms with Crippen LogP contribution >= 0.6 is 11.8 Å². The third-order valence-corrected chi connectivity index (χ3v) is 5.85. The van der Waals surface area contributed by atoms with Crippen molar-refractivity contribution < 1.29 is 22.5 Å². The zero-order valence-electron chi connectivity index (χ0n) is 16.1. The van der Waals surface area contributed by atoms with Gasteiger partial charge in [-0.3, -0.25) is 15.1 Å². The molecule has 0 aliphatic carbocycles. The minimum absolute atomic E-state index is 0.0825. The molecule has 0 atom stereocenters. The second-order valence-corrected chi connectivity index (χ2v) is 7.78. The largest absolute Gasteiger partial charge is 0.444 e. The molecule has 1 aromatic heterocycles. The molecular weight excluding hydrogens is 433 g/mol. The Hall–Kier alpha value is -3.34. The van der Waals surface area contributed by atoms with E-state index in [0.29, 0.717) is 29.4 Å². The summed E-state index contributed by atoms with van der Waals surface area (Å²) in [6.07, 6.45) is -3.16. The van der Waals surface area contributed by atoms with E-state index in [-0.39, 0.29) is 17.0 Å². The predicted molar refractivity (Wildman–Crippen MR) is 109 cm³/mol. The van der Waals surface area contributed by atoms with Crippen molar-refractivity contribution in [2.24, 2.45) is 4.99 Å². The van der Waals surface area contributed by atoms with Crippen molar-refractivity contribution in [2.75, 3.05) is 7.05 Å². The molecule has 2 aromatic carbocycles. The quantitative estimate of drug-likeness (QED) is 0.395. The summed E-state index contributed by atoms with van der Waals surface area (Å²) >= 11 is 0.970. The van der Waals surface area contributed by atoms with E-state index < -0.39 is 22.4 Å². The van der Waals surface area contributed by atoms with Crippen LogP contribution in [0.15, 0.2) is 63.0 Å². The van der Waals surface area contributed by atoms with Crippen LogP contribution < -0.4 is 0 Å². The third kappa shape index (κ3) is 4.41. The molecule has 3 aromatic rings. The molecule has 1 aliphatic rings. The second kappa shape index (κ2) is 8.06. The zero-order valence-corrected chi connectivity index (χ0v) is 16.9. The number of nitrogens with zero attached hydrogens (tertiary/aromatic N) is 4. The summed E-state index contributed by atoms with van der Waals surface area (Å²) < 4.78 is 44.8. The van der Waals surface area contributed by atoms with Gasteiger partial charge in [-0.1, -0.05) is 18.2 Å². The highest BCUT2D eigenvalue weighted by Gasteiger charge is 2.36. The van der Waals surface area contributed by atoms with Crippen molar-refractivity contribution >= 4 is 22.6 Å². The Morgan fingerprint density at radius 3 is 2.68 bits per heavy atom. The number of alkyl halides is 3. The summed E-state index contributed by atoms with van der Waals surface area (Å²) in [5.74, 6) is 0.461. The number of aromatic nitrogens is 1. The Kier molecular flexibility index (Phi) is 5.44. The number of nitro benzene ring substituents is 1. The molecule has 11 heteroatoms. The Bertz CT molecular complexity index is 1160. The van der Waals surface area contributed by atoms with Crippen molar-refractivity contribution in [1.82, 2.24) is 9.88 Å². The van der Waals surface area contributed by atoms with Gasteiger partial charge >= 0.3 is 6.18 Å². The monoisotopic (exact) mass is 448 g/mol. The number of rotatable bonds is 4. The van der Waals surface area contributed by atoms with E-state index >= 15 is 0 Å². The standard InChI is InChI=1S/C20H15F3N4O3S/c1-26(10-15-11-30-18(25-15)12-5-3-2-4-6-12)19-24-9-13-7-14(20(21,22)23)8-16(27(28)29)17(13)31-19/h2-8,11H,9-10H2,1H3. The minimum Gasteiger partial charge on any atom is -0.444 e. The highest BCUT2D eigenvalue weighted by atomic mass is 32.2. The molecule has 0 amide bonds. The van der Waals surface area contributed by atoms with E-state index in [1.807, 2.05) is 30.3 Å². The first-order valence-corrected chi connectivity index (χ1v) is 9.86. The lowest BCUT2D eigenvalue weighted by molar-refractivity contribution is -0.388. The number of oxazole rings is 1. The second-order valence-electron chi connectivity index (χ2n) is 6.81. The fraction of sp³-hybridized carbons (Fsp3) is 0.200. The van der Waals surface area contributed by atoms with Crippen molar-refractivity contribution in [3.8, 4) is 11.5 Å². The van der Waals surface area contributed by atoms with Gasteiger partial charge in [0.25, 0.3) is 5.69 Å². The van der Waals surface area contributed by atoms with Crippen LogP contribution in [0, 0.1) is 10.1 Å². The Morgan fingerprint density at radius 1 is 1.26 bits per heavy atom. The average Bonchev–Trinajstić information content (AvgIpc) is 3.20. The number of hydrogen-bond acceptors (Lipinski definition) is 7. The number of benzene rings is 2. The molecule has 31 heavy (non-hydrogen) atoms. The van der Waals surface area contributed by atoms with Gasteiger partial charge in [-0.25, -0.2) is 4.98 Å². The maximum Gasteiger partial charge on any atom is 0.416 e. The normalized spacial score (nSPS) is 13.5. The molecule has 2 heterocycles. The zero-order chi connectivity index (χ0) is 22.2. The van der Waals surface area contributed by atoms with Crippen LogP contribution in [-0.2, 0) is 19.3 Å². The topological polar surface area (TPSA) is 84.8 Å². The average molecular weight is 448 g/mol. The first-order chi connectivity index (χ1) is 14.7. The SMILES string of the molecule is CN(Cc1coc(-c2ccccc2)n1)C1=NCc2cc(C(F)(F)F)cc([N+](=O)[O-])c2S1. The van der Waals surface area contributed by atoms with Crippen molar-refractivity contribution in [1.29, 1.82) is 0 Å². The van der Waals surface area contributed by atoms with Gasteiger partial charge in [0.2, 0.25) is 5.89 Å². The summed E-state index contributed by atoms with van der Waals surface area (Å²) in [4.78, 5) is 21.2. The lowest BCUT2D eigenvalue weighted by Crippen LogP contribution is -2.26. The number of amidine groups is 1. The van der Waals surface area contributed by atoms with E-state index in [1.54, 1.807) is 11.9 Å². The molecule has 160 valence electrons. The Balaban J connectivity index is 1.54.